The summed E-state index contributed by atoms with van der Waals surface area (Å²) in [5.41, 5.74) is 1.98. The number of carbonyl (C=O) groups excluding carboxylic acids is 3. The van der Waals surface area contributed by atoms with Gasteiger partial charge >= 0.3 is 4.87 Å². The van der Waals surface area contributed by atoms with Crippen molar-refractivity contribution in [3.63, 3.8) is 0 Å². The molecule has 14 heteroatoms. The van der Waals surface area contributed by atoms with Crippen LogP contribution in [0.25, 0.3) is 0 Å². The van der Waals surface area contributed by atoms with Crippen molar-refractivity contribution in [3.05, 3.63) is 99.0 Å². The van der Waals surface area contributed by atoms with E-state index in [0.29, 0.717) is 17.1 Å². The van der Waals surface area contributed by atoms with E-state index >= 15 is 0 Å². The monoisotopic (exact) mass is 688 g/mol. The predicted molar refractivity (Wildman–Crippen MR) is 176 cm³/mol. The topological polar surface area (TPSA) is 169 Å². The molecule has 240 valence electrons. The number of nitrogens with one attached hydrogen (secondary N) is 2. The number of nitrogens with two attached hydrogens (primary N) is 1. The Morgan fingerprint density at radius 1 is 0.936 bits per heavy atom. The van der Waals surface area contributed by atoms with Gasteiger partial charge in [-0.25, -0.2) is 13.6 Å². The van der Waals surface area contributed by atoms with Crippen molar-refractivity contribution in [2.45, 2.75) is 27.5 Å². The molecule has 1 aromatic heterocycles. The van der Waals surface area contributed by atoms with E-state index in [1.165, 1.54) is 40.5 Å². The number of anilines is 2. The molecule has 2 aliphatic carbocycles. The molecule has 47 heavy (non-hydrogen) atoms. The average Bonchev–Trinajstić information content (AvgIpc) is 3.79. The number of thioether (sulfide) groups is 1. The highest BCUT2D eigenvalue weighted by atomic mass is 32.2. The van der Waals surface area contributed by atoms with E-state index in [1.54, 1.807) is 36.0 Å². The molecule has 3 heterocycles. The van der Waals surface area contributed by atoms with Crippen molar-refractivity contribution in [1.82, 2.24) is 4.98 Å². The van der Waals surface area contributed by atoms with Gasteiger partial charge in [0.15, 0.2) is 6.61 Å². The number of hydrogen-bond acceptors (Lipinski definition) is 9. The summed E-state index contributed by atoms with van der Waals surface area (Å²) < 4.78 is 28.6. The molecule has 11 nitrogen and oxygen atoms in total. The van der Waals surface area contributed by atoms with Crippen molar-refractivity contribution >= 4 is 62.2 Å². The maximum Gasteiger partial charge on any atom is 0.305 e. The van der Waals surface area contributed by atoms with Gasteiger partial charge in [-0.1, -0.05) is 41.7 Å². The molecule has 4 N–H and O–H groups in total. The first-order chi connectivity index (χ1) is 22.6. The number of rotatable bonds is 7. The van der Waals surface area contributed by atoms with Gasteiger partial charge in [0.1, 0.15) is 5.75 Å². The summed E-state index contributed by atoms with van der Waals surface area (Å²) >= 11 is 2.84. The highest BCUT2D eigenvalue weighted by molar-refractivity contribution is 8.00. The van der Waals surface area contributed by atoms with E-state index in [1.807, 2.05) is 30.3 Å². The van der Waals surface area contributed by atoms with E-state index in [0.717, 1.165) is 21.9 Å². The molecule has 2 aliphatic heterocycles. The first-order valence-electron chi connectivity index (χ1n) is 15.1. The van der Waals surface area contributed by atoms with Gasteiger partial charge in [0.2, 0.25) is 21.8 Å². The smallest absolute Gasteiger partial charge is 0.305 e. The van der Waals surface area contributed by atoms with E-state index in [9.17, 15) is 27.6 Å². The zero-order chi connectivity index (χ0) is 32.6. The number of sulfonamides is 1. The van der Waals surface area contributed by atoms with Crippen molar-refractivity contribution in [2.75, 3.05) is 16.8 Å². The predicted octanol–water partition coefficient (Wildman–Crippen LogP) is 3.78. The number of aromatic amines is 1. The molecule has 7 atom stereocenters. The van der Waals surface area contributed by atoms with Gasteiger partial charge < -0.3 is 15.0 Å². The molecule has 0 radical (unpaired) electrons. The van der Waals surface area contributed by atoms with Crippen molar-refractivity contribution in [3.8, 4) is 5.75 Å². The minimum absolute atomic E-state index is 0.00154. The zero-order valence-electron chi connectivity index (χ0n) is 24.6. The Bertz CT molecular complexity index is 2080. The number of ether oxygens (including phenoxy) is 1. The third-order valence-electron chi connectivity index (χ3n) is 9.81. The van der Waals surface area contributed by atoms with Crippen molar-refractivity contribution in [1.29, 1.82) is 0 Å². The molecule has 2 bridgehead atoms. The zero-order valence-corrected chi connectivity index (χ0v) is 27.0. The van der Waals surface area contributed by atoms with Crippen LogP contribution in [0.5, 0.6) is 5.75 Å². The van der Waals surface area contributed by atoms with Crippen LogP contribution in [-0.2, 0) is 24.4 Å². The fraction of sp³-hybridized carbons (Fsp3) is 0.273. The summed E-state index contributed by atoms with van der Waals surface area (Å²) in [5.74, 6) is -0.986. The number of hydrogen-bond donors (Lipinski definition) is 3. The molecule has 3 fully saturated rings. The van der Waals surface area contributed by atoms with E-state index in [2.05, 4.69) is 10.3 Å². The summed E-state index contributed by atoms with van der Waals surface area (Å²) in [6.45, 7) is -0.272. The first-order valence-corrected chi connectivity index (χ1v) is 18.3. The van der Waals surface area contributed by atoms with Crippen LogP contribution in [0.15, 0.2) is 93.6 Å². The number of H-pyrrole nitrogens is 1. The Labute approximate surface area is 277 Å². The van der Waals surface area contributed by atoms with Crippen LogP contribution in [0, 0.1) is 29.6 Å². The number of aromatic nitrogens is 1. The number of carbonyl (C=O) groups is 3. The van der Waals surface area contributed by atoms with Crippen LogP contribution in [0.1, 0.15) is 22.8 Å². The summed E-state index contributed by atoms with van der Waals surface area (Å²) in [5, 5.41) is 8.69. The van der Waals surface area contributed by atoms with Gasteiger partial charge in [-0.3, -0.25) is 24.1 Å². The lowest BCUT2D eigenvalue weighted by atomic mass is 9.68. The van der Waals surface area contributed by atoms with Crippen LogP contribution in [0.4, 0.5) is 11.4 Å². The molecule has 2 saturated carbocycles. The molecule has 3 amide bonds. The summed E-state index contributed by atoms with van der Waals surface area (Å²) in [6.07, 6.45) is 0.800. The van der Waals surface area contributed by atoms with Crippen molar-refractivity contribution < 1.29 is 27.5 Å². The summed E-state index contributed by atoms with van der Waals surface area (Å²) in [7, 11) is -3.84. The van der Waals surface area contributed by atoms with Gasteiger partial charge in [-0.05, 0) is 78.3 Å². The van der Waals surface area contributed by atoms with Gasteiger partial charge in [0, 0.05) is 21.7 Å². The summed E-state index contributed by atoms with van der Waals surface area (Å²) in [6, 6.07) is 22.1. The summed E-state index contributed by atoms with van der Waals surface area (Å²) in [4.78, 5) is 57.8. The normalized spacial score (nSPS) is 27.3. The fourth-order valence-electron chi connectivity index (χ4n) is 8.07. The number of thiazole rings is 1. The number of amides is 3. The lowest BCUT2D eigenvalue weighted by Crippen LogP contribution is -2.42. The van der Waals surface area contributed by atoms with Gasteiger partial charge in [0.25, 0.3) is 5.91 Å². The van der Waals surface area contributed by atoms with E-state index in [4.69, 9.17) is 9.88 Å². The lowest BCUT2D eigenvalue weighted by Gasteiger charge is -2.43. The molecule has 4 aliphatic rings. The Hall–Kier alpha value is -4.24. The molecule has 6 unspecified atom stereocenters. The van der Waals surface area contributed by atoms with Crippen LogP contribution in [0.3, 0.4) is 0 Å². The molecule has 8 rings (SSSR count). The highest BCUT2D eigenvalue weighted by Gasteiger charge is 2.69. The van der Waals surface area contributed by atoms with Gasteiger partial charge in [-0.2, -0.15) is 0 Å². The molecule has 3 aromatic carbocycles. The van der Waals surface area contributed by atoms with E-state index in [-0.39, 0.29) is 68.9 Å². The lowest BCUT2D eigenvalue weighted by molar-refractivity contribution is -0.123. The van der Waals surface area contributed by atoms with Crippen LogP contribution in [0.2, 0.25) is 0 Å². The second kappa shape index (κ2) is 11.2. The van der Waals surface area contributed by atoms with Crippen LogP contribution < -0.4 is 25.0 Å². The Morgan fingerprint density at radius 3 is 2.30 bits per heavy atom. The largest absolute Gasteiger partial charge is 0.484 e. The van der Waals surface area contributed by atoms with Crippen LogP contribution >= 0.6 is 23.1 Å². The molecule has 1 saturated heterocycles. The second-order valence-electron chi connectivity index (χ2n) is 12.3. The number of imide groups is 1. The molecular formula is C33H28N4O7S3. The maximum atomic E-state index is 13.9. The van der Waals surface area contributed by atoms with Gasteiger partial charge in [-0.15, -0.1) is 11.8 Å². The second-order valence-corrected chi connectivity index (χ2v) is 16.0. The van der Waals surface area contributed by atoms with E-state index < -0.39 is 15.9 Å². The number of benzene rings is 3. The standard InChI is InChI=1S/C33H28N4O7S3/c34-47(42,43)20-12-8-17(9-13-20)35-23(38)15-44-19-10-6-16(7-11-19)24-25-21-14-22(28(25)45-30-29(24)46-33(41)36-30)27-26(21)31(39)37(32(27)40)18-4-2-1-3-5-18/h1-13,21-22,24-28H,14-15H2,(H,35,38)(H,36,41)(H2,34,42,43)/t21?,22?,24-,25?,26?,27?,28?/m1/s1. The van der Waals surface area contributed by atoms with Gasteiger partial charge in [0.05, 0.1) is 27.4 Å². The Kier molecular flexibility index (Phi) is 7.17. The molecular weight excluding hydrogens is 661 g/mol. The quantitative estimate of drug-likeness (QED) is 0.247. The SMILES string of the molecule is NS(=O)(=O)c1ccc(NC(=O)COc2ccc([C@H]3c4sc(=O)[nH]c4SC4C5CC(C6C(=O)N(c7ccccc7)C(=O)C56)C43)cc2)cc1. The average molecular weight is 689 g/mol. The minimum Gasteiger partial charge on any atom is -0.484 e. The Balaban J connectivity index is 1.02. The maximum absolute atomic E-state index is 13.9. The third-order valence-corrected chi connectivity index (χ3v) is 13.3. The Morgan fingerprint density at radius 2 is 1.62 bits per heavy atom. The van der Waals surface area contributed by atoms with Crippen LogP contribution in [-0.4, -0.2) is 43.0 Å². The molecule has 4 aromatic rings. The number of nitrogens with zero attached hydrogens (tertiary/aromatic N) is 1. The fourth-order valence-corrected chi connectivity index (χ4v) is 11.5. The number of para-hydroxylation sites is 1. The number of fused-ring (bicyclic) bond motifs is 9. The van der Waals surface area contributed by atoms with Crippen molar-refractivity contribution in [2.24, 2.45) is 34.7 Å². The first kappa shape index (κ1) is 30.1. The molecule has 0 spiro atoms. The third kappa shape index (κ3) is 5.01. The number of primary sulfonamides is 1. The minimum atomic E-state index is -3.84. The highest BCUT2D eigenvalue weighted by Crippen LogP contribution is 2.68.